The van der Waals surface area contributed by atoms with Crippen molar-refractivity contribution < 1.29 is 4.74 Å². The van der Waals surface area contributed by atoms with E-state index >= 15 is 0 Å². The number of piperidine rings is 1. The van der Waals surface area contributed by atoms with E-state index in [1.54, 1.807) is 7.11 Å². The molecule has 4 heteroatoms. The number of nitrogens with two attached hydrogens (primary N) is 1. The van der Waals surface area contributed by atoms with Crippen molar-refractivity contribution in [2.24, 2.45) is 5.92 Å². The van der Waals surface area contributed by atoms with E-state index in [1.807, 2.05) is 18.3 Å². The summed E-state index contributed by atoms with van der Waals surface area (Å²) in [5.41, 5.74) is 7.70. The highest BCUT2D eigenvalue weighted by atomic mass is 16.5. The standard InChI is InChI=1S/C13H21N3O/c1-17-10-11-4-3-7-16(8-11)9-13-12(14)5-2-6-15-13/h2,5-6,11H,3-4,7-10,14H2,1H3. The van der Waals surface area contributed by atoms with E-state index in [0.29, 0.717) is 5.92 Å². The van der Waals surface area contributed by atoms with Gasteiger partial charge in [-0.15, -0.1) is 0 Å². The highest BCUT2D eigenvalue weighted by Crippen LogP contribution is 2.19. The monoisotopic (exact) mass is 235 g/mol. The van der Waals surface area contributed by atoms with Gasteiger partial charge in [-0.05, 0) is 37.4 Å². The second-order valence-corrected chi connectivity index (χ2v) is 4.74. The average molecular weight is 235 g/mol. The summed E-state index contributed by atoms with van der Waals surface area (Å²) in [5.74, 6) is 0.652. The quantitative estimate of drug-likeness (QED) is 0.859. The molecule has 1 saturated heterocycles. The Kier molecular flexibility index (Phi) is 4.34. The molecule has 1 aromatic rings. The van der Waals surface area contributed by atoms with Gasteiger partial charge in [0.15, 0.2) is 0 Å². The van der Waals surface area contributed by atoms with E-state index in [1.165, 1.54) is 12.8 Å². The number of hydrogen-bond donors (Lipinski definition) is 1. The smallest absolute Gasteiger partial charge is 0.0772 e. The highest BCUT2D eigenvalue weighted by molar-refractivity contribution is 5.41. The number of ether oxygens (including phenoxy) is 1. The van der Waals surface area contributed by atoms with Gasteiger partial charge in [-0.2, -0.15) is 0 Å². The summed E-state index contributed by atoms with van der Waals surface area (Å²) in [6.07, 6.45) is 4.31. The number of anilines is 1. The molecule has 4 nitrogen and oxygen atoms in total. The van der Waals surface area contributed by atoms with Crippen LogP contribution >= 0.6 is 0 Å². The molecule has 0 bridgehead atoms. The molecule has 0 spiro atoms. The fourth-order valence-electron chi connectivity index (χ4n) is 2.46. The number of likely N-dealkylation sites (tertiary alicyclic amines) is 1. The molecule has 2 N–H and O–H groups in total. The molecule has 0 saturated carbocycles. The molecule has 1 aliphatic rings. The topological polar surface area (TPSA) is 51.4 Å². The molecule has 0 aromatic carbocycles. The van der Waals surface area contributed by atoms with Crippen LogP contribution in [0, 0.1) is 5.92 Å². The Labute approximate surface area is 103 Å². The van der Waals surface area contributed by atoms with Crippen LogP contribution < -0.4 is 5.73 Å². The van der Waals surface area contributed by atoms with Crippen LogP contribution in [-0.4, -0.2) is 36.7 Å². The molecule has 1 fully saturated rings. The number of pyridine rings is 1. The number of rotatable bonds is 4. The molecule has 0 radical (unpaired) electrons. The Morgan fingerprint density at radius 3 is 3.24 bits per heavy atom. The first-order chi connectivity index (χ1) is 8.29. The van der Waals surface area contributed by atoms with Crippen molar-refractivity contribution in [2.45, 2.75) is 19.4 Å². The molecule has 17 heavy (non-hydrogen) atoms. The first-order valence-electron chi connectivity index (χ1n) is 6.20. The predicted molar refractivity (Wildman–Crippen MR) is 68.5 cm³/mol. The van der Waals surface area contributed by atoms with Gasteiger partial charge in [-0.25, -0.2) is 0 Å². The Morgan fingerprint density at radius 2 is 2.47 bits per heavy atom. The second-order valence-electron chi connectivity index (χ2n) is 4.74. The fourth-order valence-corrected chi connectivity index (χ4v) is 2.46. The summed E-state index contributed by atoms with van der Waals surface area (Å²) in [5, 5.41) is 0. The maximum Gasteiger partial charge on any atom is 0.0772 e. The van der Waals surface area contributed by atoms with Crippen LogP contribution in [0.15, 0.2) is 18.3 Å². The van der Waals surface area contributed by atoms with Crippen LogP contribution in [0.25, 0.3) is 0 Å². The lowest BCUT2D eigenvalue weighted by Gasteiger charge is -2.32. The molecule has 2 heterocycles. The molecule has 1 aliphatic heterocycles. The van der Waals surface area contributed by atoms with E-state index in [4.69, 9.17) is 10.5 Å². The van der Waals surface area contributed by atoms with Crippen molar-refractivity contribution >= 4 is 5.69 Å². The van der Waals surface area contributed by atoms with Crippen LogP contribution in [0.5, 0.6) is 0 Å². The van der Waals surface area contributed by atoms with E-state index in [-0.39, 0.29) is 0 Å². The lowest BCUT2D eigenvalue weighted by atomic mass is 9.99. The first kappa shape index (κ1) is 12.3. The minimum absolute atomic E-state index is 0.652. The lowest BCUT2D eigenvalue weighted by Crippen LogP contribution is -2.36. The van der Waals surface area contributed by atoms with Gasteiger partial charge in [-0.3, -0.25) is 9.88 Å². The van der Waals surface area contributed by atoms with Crippen molar-refractivity contribution in [3.05, 3.63) is 24.0 Å². The van der Waals surface area contributed by atoms with Gasteiger partial charge in [0.25, 0.3) is 0 Å². The summed E-state index contributed by atoms with van der Waals surface area (Å²) in [4.78, 5) is 6.77. The molecular formula is C13H21N3O. The average Bonchev–Trinajstić information content (AvgIpc) is 2.33. The van der Waals surface area contributed by atoms with Gasteiger partial charge in [0.05, 0.1) is 18.0 Å². The van der Waals surface area contributed by atoms with E-state index in [0.717, 1.165) is 37.6 Å². The molecule has 0 amide bonds. The van der Waals surface area contributed by atoms with Gasteiger partial charge >= 0.3 is 0 Å². The molecular weight excluding hydrogens is 214 g/mol. The number of methoxy groups -OCH3 is 1. The maximum atomic E-state index is 5.92. The minimum Gasteiger partial charge on any atom is -0.397 e. The SMILES string of the molecule is COCC1CCCN(Cc2ncccc2N)C1. The van der Waals surface area contributed by atoms with E-state index < -0.39 is 0 Å². The molecule has 0 aliphatic carbocycles. The summed E-state index contributed by atoms with van der Waals surface area (Å²) in [6.45, 7) is 3.93. The molecule has 1 aromatic heterocycles. The third-order valence-corrected chi connectivity index (χ3v) is 3.30. The third-order valence-electron chi connectivity index (χ3n) is 3.30. The Bertz CT molecular complexity index is 354. The van der Waals surface area contributed by atoms with Crippen molar-refractivity contribution in [1.82, 2.24) is 9.88 Å². The fraction of sp³-hybridized carbons (Fsp3) is 0.615. The number of aromatic nitrogens is 1. The largest absolute Gasteiger partial charge is 0.397 e. The van der Waals surface area contributed by atoms with Crippen LogP contribution in [0.4, 0.5) is 5.69 Å². The molecule has 1 atom stereocenters. The van der Waals surface area contributed by atoms with Crippen LogP contribution in [0.1, 0.15) is 18.5 Å². The summed E-state index contributed by atoms with van der Waals surface area (Å²) < 4.78 is 5.24. The van der Waals surface area contributed by atoms with E-state index in [9.17, 15) is 0 Å². The normalized spacial score (nSPS) is 21.6. The van der Waals surface area contributed by atoms with Gasteiger partial charge in [-0.1, -0.05) is 0 Å². The highest BCUT2D eigenvalue weighted by Gasteiger charge is 2.20. The van der Waals surface area contributed by atoms with Crippen LogP contribution in [-0.2, 0) is 11.3 Å². The van der Waals surface area contributed by atoms with Crippen LogP contribution in [0.3, 0.4) is 0 Å². The Hall–Kier alpha value is -1.13. The summed E-state index contributed by atoms with van der Waals surface area (Å²) >= 11 is 0. The number of nitrogen functional groups attached to an aromatic ring is 1. The minimum atomic E-state index is 0.652. The maximum absolute atomic E-state index is 5.92. The molecule has 94 valence electrons. The summed E-state index contributed by atoms with van der Waals surface area (Å²) in [6, 6.07) is 3.79. The van der Waals surface area contributed by atoms with Gasteiger partial charge in [0, 0.05) is 26.4 Å². The number of hydrogen-bond acceptors (Lipinski definition) is 4. The number of nitrogens with zero attached hydrogens (tertiary/aromatic N) is 2. The zero-order valence-corrected chi connectivity index (χ0v) is 10.4. The van der Waals surface area contributed by atoms with Gasteiger partial charge < -0.3 is 10.5 Å². The van der Waals surface area contributed by atoms with Crippen molar-refractivity contribution in [3.8, 4) is 0 Å². The van der Waals surface area contributed by atoms with Crippen molar-refractivity contribution in [1.29, 1.82) is 0 Å². The molecule has 2 rings (SSSR count). The zero-order valence-electron chi connectivity index (χ0n) is 10.4. The molecule has 1 unspecified atom stereocenters. The van der Waals surface area contributed by atoms with Gasteiger partial charge in [0.2, 0.25) is 0 Å². The first-order valence-corrected chi connectivity index (χ1v) is 6.20. The van der Waals surface area contributed by atoms with Crippen LogP contribution in [0.2, 0.25) is 0 Å². The van der Waals surface area contributed by atoms with Crippen molar-refractivity contribution in [2.75, 3.05) is 32.5 Å². The van der Waals surface area contributed by atoms with Crippen molar-refractivity contribution in [3.63, 3.8) is 0 Å². The lowest BCUT2D eigenvalue weighted by molar-refractivity contribution is 0.0869. The summed E-state index contributed by atoms with van der Waals surface area (Å²) in [7, 11) is 1.77. The Morgan fingerprint density at radius 1 is 1.59 bits per heavy atom. The second kappa shape index (κ2) is 5.98. The Balaban J connectivity index is 1.92. The third kappa shape index (κ3) is 3.41. The predicted octanol–water partition coefficient (Wildman–Crippen LogP) is 1.52. The van der Waals surface area contributed by atoms with Gasteiger partial charge in [0.1, 0.15) is 0 Å². The zero-order chi connectivity index (χ0) is 12.1. The van der Waals surface area contributed by atoms with E-state index in [2.05, 4.69) is 9.88 Å².